The Morgan fingerprint density at radius 3 is 2.87 bits per heavy atom. The zero-order valence-corrected chi connectivity index (χ0v) is 17.0. The van der Waals surface area contributed by atoms with E-state index in [9.17, 15) is 14.4 Å². The highest BCUT2D eigenvalue weighted by molar-refractivity contribution is 7.11. The average Bonchev–Trinajstić information content (AvgIpc) is 3.26. The number of carbonyl (C=O) groups excluding carboxylic acids is 3. The number of aromatic nitrogens is 1. The van der Waals surface area contributed by atoms with Crippen LogP contribution in [0.3, 0.4) is 0 Å². The number of Topliss-reactive ketones (excluding diaryl/α,β-unsaturated/α-hetero) is 1. The van der Waals surface area contributed by atoms with Crippen molar-refractivity contribution < 1.29 is 14.4 Å². The maximum Gasteiger partial charge on any atom is 0.246 e. The minimum Gasteiger partial charge on any atom is -0.374 e. The van der Waals surface area contributed by atoms with Crippen molar-refractivity contribution in [3.05, 3.63) is 40.8 Å². The minimum absolute atomic E-state index is 0.0299. The van der Waals surface area contributed by atoms with Gasteiger partial charge in [-0.25, -0.2) is 4.98 Å². The number of nitrogens with zero attached hydrogens (tertiary/aromatic N) is 3. The minimum atomic E-state index is -0.786. The van der Waals surface area contributed by atoms with Gasteiger partial charge in [0.1, 0.15) is 6.54 Å². The molecule has 0 saturated carbocycles. The van der Waals surface area contributed by atoms with E-state index in [1.807, 2.05) is 12.1 Å². The van der Waals surface area contributed by atoms with Crippen molar-refractivity contribution in [2.45, 2.75) is 18.9 Å². The molecule has 2 heterocycles. The molecule has 0 aliphatic carbocycles. The van der Waals surface area contributed by atoms with Crippen LogP contribution in [0.5, 0.6) is 0 Å². The second-order valence-corrected chi connectivity index (χ2v) is 7.52. The summed E-state index contributed by atoms with van der Waals surface area (Å²) in [4.78, 5) is 47.2. The Hall–Kier alpha value is -3.47. The zero-order chi connectivity index (χ0) is 21.5. The zero-order valence-electron chi connectivity index (χ0n) is 16.2. The number of nitrogens with two attached hydrogens (primary N) is 2. The maximum atomic E-state index is 12.8. The van der Waals surface area contributed by atoms with Gasteiger partial charge in [0.2, 0.25) is 17.6 Å². The number of anilines is 2. The molecule has 0 bridgehead atoms. The Morgan fingerprint density at radius 1 is 1.33 bits per heavy atom. The van der Waals surface area contributed by atoms with Crippen molar-refractivity contribution in [2.75, 3.05) is 29.9 Å². The summed E-state index contributed by atoms with van der Waals surface area (Å²) in [5.74, 6) is -0.969. The summed E-state index contributed by atoms with van der Waals surface area (Å²) < 4.78 is 0. The molecule has 158 valence electrons. The second-order valence-electron chi connectivity index (χ2n) is 6.62. The van der Waals surface area contributed by atoms with Crippen LogP contribution in [0.15, 0.2) is 40.8 Å². The summed E-state index contributed by atoms with van der Waals surface area (Å²) in [6, 6.07) is 6.46. The van der Waals surface area contributed by atoms with Crippen LogP contribution in [-0.4, -0.2) is 54.2 Å². The van der Waals surface area contributed by atoms with Gasteiger partial charge >= 0.3 is 0 Å². The molecule has 10 nitrogen and oxygen atoms in total. The van der Waals surface area contributed by atoms with Crippen molar-refractivity contribution in [3.63, 3.8) is 0 Å². The van der Waals surface area contributed by atoms with Crippen molar-refractivity contribution in [2.24, 2.45) is 16.5 Å². The van der Waals surface area contributed by atoms with E-state index in [4.69, 9.17) is 11.5 Å². The number of hydrogen-bond acceptors (Lipinski definition) is 7. The van der Waals surface area contributed by atoms with Crippen LogP contribution in [0.4, 0.5) is 11.4 Å². The molecule has 1 aromatic carbocycles. The van der Waals surface area contributed by atoms with Crippen LogP contribution in [0.25, 0.3) is 0 Å². The highest BCUT2D eigenvalue weighted by Gasteiger charge is 2.28. The number of rotatable bonds is 9. The van der Waals surface area contributed by atoms with Gasteiger partial charge in [-0.3, -0.25) is 24.3 Å². The van der Waals surface area contributed by atoms with E-state index in [0.29, 0.717) is 30.1 Å². The van der Waals surface area contributed by atoms with Crippen molar-refractivity contribution in [3.8, 4) is 0 Å². The number of aliphatic imine (C=N–C) groups is 1. The fourth-order valence-electron chi connectivity index (χ4n) is 3.08. The number of ketones is 1. The van der Waals surface area contributed by atoms with Gasteiger partial charge in [0.25, 0.3) is 0 Å². The Bertz CT molecular complexity index is 941. The average molecular weight is 430 g/mol. The van der Waals surface area contributed by atoms with E-state index >= 15 is 0 Å². The van der Waals surface area contributed by atoms with Gasteiger partial charge in [0, 0.05) is 18.1 Å². The van der Waals surface area contributed by atoms with E-state index < -0.39 is 11.9 Å². The third-order valence-electron chi connectivity index (χ3n) is 4.47. The molecule has 0 spiro atoms. The lowest BCUT2D eigenvalue weighted by Crippen LogP contribution is -2.49. The summed E-state index contributed by atoms with van der Waals surface area (Å²) in [6.07, 6.45) is 2.37. The molecule has 1 aliphatic rings. The number of benzene rings is 1. The van der Waals surface area contributed by atoms with Gasteiger partial charge in [0.15, 0.2) is 11.0 Å². The molecule has 2 aromatic rings. The lowest BCUT2D eigenvalue weighted by atomic mass is 10.1. The molecule has 1 atom stereocenters. The molecule has 30 heavy (non-hydrogen) atoms. The normalized spacial score (nSPS) is 13.7. The quantitative estimate of drug-likeness (QED) is 0.194. The monoisotopic (exact) mass is 429 g/mol. The molecule has 1 aliphatic heterocycles. The van der Waals surface area contributed by atoms with E-state index in [2.05, 4.69) is 20.6 Å². The van der Waals surface area contributed by atoms with E-state index in [-0.39, 0.29) is 30.7 Å². The molecule has 0 radical (unpaired) electrons. The number of fused-ring (bicyclic) bond motifs is 1. The first-order chi connectivity index (χ1) is 14.5. The van der Waals surface area contributed by atoms with Crippen LogP contribution < -0.4 is 27.0 Å². The van der Waals surface area contributed by atoms with Gasteiger partial charge in [-0.1, -0.05) is 12.1 Å². The van der Waals surface area contributed by atoms with E-state index in [1.54, 1.807) is 17.5 Å². The third-order valence-corrected chi connectivity index (χ3v) is 5.26. The highest BCUT2D eigenvalue weighted by atomic mass is 32.1. The lowest BCUT2D eigenvalue weighted by molar-refractivity contribution is -0.123. The number of thiazole rings is 1. The molecule has 1 unspecified atom stereocenters. The van der Waals surface area contributed by atoms with Crippen LogP contribution in [-0.2, 0) is 9.59 Å². The number of guanidine groups is 1. The highest BCUT2D eigenvalue weighted by Crippen LogP contribution is 2.28. The Kier molecular flexibility index (Phi) is 6.96. The van der Waals surface area contributed by atoms with Crippen LogP contribution >= 0.6 is 11.3 Å². The number of amides is 2. The molecule has 2 amide bonds. The smallest absolute Gasteiger partial charge is 0.246 e. The SMILES string of the molecule is NC(N)=NCCCC(NC(=O)CN1C(=O)CNc2ccccc21)C(=O)c1nccs1. The van der Waals surface area contributed by atoms with Gasteiger partial charge in [-0.15, -0.1) is 11.3 Å². The summed E-state index contributed by atoms with van der Waals surface area (Å²) in [5.41, 5.74) is 12.0. The maximum absolute atomic E-state index is 12.8. The van der Waals surface area contributed by atoms with Crippen molar-refractivity contribution in [1.29, 1.82) is 0 Å². The fourth-order valence-corrected chi connectivity index (χ4v) is 3.71. The Balaban J connectivity index is 1.69. The molecule has 3 rings (SSSR count). The second kappa shape index (κ2) is 9.83. The van der Waals surface area contributed by atoms with E-state index in [1.165, 1.54) is 22.4 Å². The largest absolute Gasteiger partial charge is 0.374 e. The summed E-state index contributed by atoms with van der Waals surface area (Å²) in [6.45, 7) is 0.251. The molecular weight excluding hydrogens is 406 g/mol. The van der Waals surface area contributed by atoms with Gasteiger partial charge in [0.05, 0.1) is 24.0 Å². The fraction of sp³-hybridized carbons (Fsp3) is 0.316. The number of para-hydroxylation sites is 2. The topological polar surface area (TPSA) is 156 Å². The number of hydrogen-bond donors (Lipinski definition) is 4. The van der Waals surface area contributed by atoms with Crippen molar-refractivity contribution >= 4 is 46.3 Å². The van der Waals surface area contributed by atoms with E-state index in [0.717, 1.165) is 5.69 Å². The van der Waals surface area contributed by atoms with Crippen molar-refractivity contribution in [1.82, 2.24) is 10.3 Å². The number of carbonyl (C=O) groups is 3. The first-order valence-electron chi connectivity index (χ1n) is 9.37. The molecule has 11 heteroatoms. The predicted octanol–water partition coefficient (Wildman–Crippen LogP) is 0.323. The van der Waals surface area contributed by atoms with Gasteiger partial charge in [-0.05, 0) is 25.0 Å². The molecule has 0 fully saturated rings. The van der Waals surface area contributed by atoms with Crippen LogP contribution in [0.1, 0.15) is 22.6 Å². The lowest BCUT2D eigenvalue weighted by Gasteiger charge is -2.30. The molecule has 0 saturated heterocycles. The number of nitrogens with one attached hydrogen (secondary N) is 2. The first kappa shape index (κ1) is 21.2. The summed E-state index contributed by atoms with van der Waals surface area (Å²) in [5, 5.41) is 7.77. The summed E-state index contributed by atoms with van der Waals surface area (Å²) in [7, 11) is 0. The van der Waals surface area contributed by atoms with Gasteiger partial charge < -0.3 is 22.1 Å². The van der Waals surface area contributed by atoms with Crippen LogP contribution in [0, 0.1) is 0 Å². The third kappa shape index (κ3) is 5.32. The standard InChI is InChI=1S/C19H23N7O3S/c20-19(21)23-7-3-5-13(17(29)18-22-8-9-30-18)25-15(27)11-26-14-6-2-1-4-12(14)24-10-16(26)28/h1-2,4,6,8-9,13,24H,3,5,7,10-11H2,(H,25,27)(H4,20,21,23). The van der Waals surface area contributed by atoms with Gasteiger partial charge in [-0.2, -0.15) is 0 Å². The molecular formula is C19H23N7O3S. The Labute approximate surface area is 177 Å². The summed E-state index contributed by atoms with van der Waals surface area (Å²) >= 11 is 1.21. The molecule has 6 N–H and O–H groups in total. The Morgan fingerprint density at radius 2 is 2.13 bits per heavy atom. The predicted molar refractivity (Wildman–Crippen MR) is 116 cm³/mol. The molecule has 1 aromatic heterocycles. The first-order valence-corrected chi connectivity index (χ1v) is 10.3. The van der Waals surface area contributed by atoms with Crippen LogP contribution in [0.2, 0.25) is 0 Å².